The van der Waals surface area contributed by atoms with Crippen molar-refractivity contribution in [3.8, 4) is 5.69 Å². The second-order valence-corrected chi connectivity index (χ2v) is 6.37. The number of nitrogens with zero attached hydrogens (tertiary/aromatic N) is 2. The van der Waals surface area contributed by atoms with Gasteiger partial charge in [-0.3, -0.25) is 9.59 Å². The third-order valence-corrected chi connectivity index (χ3v) is 4.57. The molecule has 0 spiro atoms. The quantitative estimate of drug-likeness (QED) is 0.851. The predicted molar refractivity (Wildman–Crippen MR) is 84.9 cm³/mol. The van der Waals surface area contributed by atoms with Gasteiger partial charge in [0, 0.05) is 6.54 Å². The number of hydrogen-bond donors (Lipinski definition) is 2. The van der Waals surface area contributed by atoms with Crippen LogP contribution in [0.15, 0.2) is 30.5 Å². The summed E-state index contributed by atoms with van der Waals surface area (Å²) in [6, 6.07) is 4.63. The fourth-order valence-corrected chi connectivity index (χ4v) is 2.67. The first-order valence-electron chi connectivity index (χ1n) is 7.88. The molecule has 1 aromatic carbocycles. The zero-order valence-corrected chi connectivity index (χ0v) is 13.8. The van der Waals surface area contributed by atoms with Crippen molar-refractivity contribution in [1.82, 2.24) is 15.1 Å². The molecular weight excluding hydrogens is 351 g/mol. The van der Waals surface area contributed by atoms with Gasteiger partial charge in [0.15, 0.2) is 0 Å². The van der Waals surface area contributed by atoms with Crippen molar-refractivity contribution < 1.29 is 27.9 Å². The van der Waals surface area contributed by atoms with Crippen molar-refractivity contribution in [2.45, 2.75) is 25.9 Å². The zero-order chi connectivity index (χ0) is 19.1. The minimum absolute atomic E-state index is 0.00927. The number of aliphatic carboxylic acids is 1. The molecule has 0 atom stereocenters. The van der Waals surface area contributed by atoms with E-state index in [1.54, 1.807) is 6.92 Å². The molecule has 1 aromatic heterocycles. The molecule has 138 valence electrons. The van der Waals surface area contributed by atoms with E-state index in [1.807, 2.05) is 0 Å². The fraction of sp³-hybridized carbons (Fsp3) is 0.353. The number of carboxylic acids is 1. The summed E-state index contributed by atoms with van der Waals surface area (Å²) in [5, 5.41) is 15.7. The number of carbonyl (C=O) groups is 2. The molecule has 6 nitrogen and oxygen atoms in total. The van der Waals surface area contributed by atoms with Crippen LogP contribution in [-0.4, -0.2) is 33.3 Å². The van der Waals surface area contributed by atoms with Gasteiger partial charge in [-0.25, -0.2) is 4.68 Å². The molecular formula is C17H16F3N3O3. The van der Waals surface area contributed by atoms with Gasteiger partial charge in [0.25, 0.3) is 5.91 Å². The van der Waals surface area contributed by atoms with Crippen LogP contribution in [0.5, 0.6) is 0 Å². The van der Waals surface area contributed by atoms with Gasteiger partial charge in [0.2, 0.25) is 0 Å². The molecule has 1 fully saturated rings. The highest BCUT2D eigenvalue weighted by Gasteiger charge is 2.50. The summed E-state index contributed by atoms with van der Waals surface area (Å²) >= 11 is 0. The van der Waals surface area contributed by atoms with Crippen LogP contribution >= 0.6 is 0 Å². The largest absolute Gasteiger partial charge is 0.481 e. The first kappa shape index (κ1) is 18.0. The van der Waals surface area contributed by atoms with Gasteiger partial charge < -0.3 is 10.4 Å². The van der Waals surface area contributed by atoms with Crippen LogP contribution in [0.3, 0.4) is 0 Å². The van der Waals surface area contributed by atoms with Crippen molar-refractivity contribution in [2.24, 2.45) is 5.41 Å². The van der Waals surface area contributed by atoms with Crippen LogP contribution < -0.4 is 5.32 Å². The highest BCUT2D eigenvalue weighted by atomic mass is 19.4. The van der Waals surface area contributed by atoms with Crippen molar-refractivity contribution in [2.75, 3.05) is 6.54 Å². The van der Waals surface area contributed by atoms with Crippen LogP contribution in [0, 0.1) is 12.3 Å². The third kappa shape index (κ3) is 3.29. The van der Waals surface area contributed by atoms with Gasteiger partial charge >= 0.3 is 12.1 Å². The molecule has 0 aliphatic heterocycles. The van der Waals surface area contributed by atoms with E-state index in [1.165, 1.54) is 23.0 Å². The number of carbonyl (C=O) groups excluding carboxylic acids is 1. The Bertz CT molecular complexity index is 870. The minimum atomic E-state index is -4.48. The predicted octanol–water partition coefficient (Wildman–Crippen LogP) is 2.79. The summed E-state index contributed by atoms with van der Waals surface area (Å²) in [5.41, 5.74) is -0.986. The van der Waals surface area contributed by atoms with Gasteiger partial charge in [-0.2, -0.15) is 18.3 Å². The van der Waals surface area contributed by atoms with Crippen LogP contribution in [-0.2, 0) is 11.0 Å². The standard InChI is InChI=1S/C17H16F3N3O3/c1-10-13(14(24)21-9-16(5-6-16)15(25)26)8-22-23(10)12-4-2-3-11(7-12)17(18,19)20/h2-4,7-8H,5-6,9H2,1H3,(H,21,24)(H,25,26). The fourth-order valence-electron chi connectivity index (χ4n) is 2.67. The molecule has 3 rings (SSSR count). The number of aromatic nitrogens is 2. The van der Waals surface area contributed by atoms with Gasteiger partial charge in [-0.05, 0) is 38.0 Å². The number of amides is 1. The van der Waals surface area contributed by atoms with E-state index in [-0.39, 0.29) is 17.8 Å². The Morgan fingerprint density at radius 2 is 2.04 bits per heavy atom. The Labute approximate surface area is 146 Å². The Kier molecular flexibility index (Phi) is 4.25. The van der Waals surface area contributed by atoms with E-state index in [0.717, 1.165) is 12.1 Å². The van der Waals surface area contributed by atoms with E-state index in [2.05, 4.69) is 10.4 Å². The lowest BCUT2D eigenvalue weighted by molar-refractivity contribution is -0.143. The van der Waals surface area contributed by atoms with E-state index >= 15 is 0 Å². The molecule has 0 bridgehead atoms. The molecule has 2 aromatic rings. The van der Waals surface area contributed by atoms with Gasteiger partial charge in [0.1, 0.15) is 0 Å². The van der Waals surface area contributed by atoms with Crippen LogP contribution in [0.2, 0.25) is 0 Å². The molecule has 1 saturated carbocycles. The molecule has 1 amide bonds. The number of halogens is 3. The number of carboxylic acid groups (broad SMARTS) is 1. The monoisotopic (exact) mass is 367 g/mol. The lowest BCUT2D eigenvalue weighted by Gasteiger charge is -2.12. The molecule has 1 heterocycles. The molecule has 0 saturated heterocycles. The maximum atomic E-state index is 12.9. The summed E-state index contributed by atoms with van der Waals surface area (Å²) in [4.78, 5) is 23.4. The average Bonchev–Trinajstić information content (AvgIpc) is 3.28. The van der Waals surface area contributed by atoms with E-state index < -0.39 is 29.0 Å². The number of rotatable bonds is 5. The first-order chi connectivity index (χ1) is 12.1. The molecule has 1 aliphatic carbocycles. The normalized spacial score (nSPS) is 15.5. The Morgan fingerprint density at radius 3 is 2.62 bits per heavy atom. The van der Waals surface area contributed by atoms with Gasteiger partial charge in [-0.15, -0.1) is 0 Å². The Hall–Kier alpha value is -2.84. The summed E-state index contributed by atoms with van der Waals surface area (Å²) < 4.78 is 39.8. The number of benzene rings is 1. The number of hydrogen-bond acceptors (Lipinski definition) is 3. The van der Waals surface area contributed by atoms with Crippen LogP contribution in [0.25, 0.3) is 5.69 Å². The number of nitrogens with one attached hydrogen (secondary N) is 1. The average molecular weight is 367 g/mol. The first-order valence-corrected chi connectivity index (χ1v) is 7.88. The van der Waals surface area contributed by atoms with Crippen molar-refractivity contribution in [3.63, 3.8) is 0 Å². The molecule has 0 radical (unpaired) electrons. The molecule has 1 aliphatic rings. The second kappa shape index (κ2) is 6.15. The zero-order valence-electron chi connectivity index (χ0n) is 13.8. The Balaban J connectivity index is 1.80. The lowest BCUT2D eigenvalue weighted by atomic mass is 10.1. The minimum Gasteiger partial charge on any atom is -0.481 e. The smallest absolute Gasteiger partial charge is 0.416 e. The third-order valence-electron chi connectivity index (χ3n) is 4.57. The summed E-state index contributed by atoms with van der Waals surface area (Å²) in [5.74, 6) is -1.46. The highest BCUT2D eigenvalue weighted by molar-refractivity contribution is 5.95. The van der Waals surface area contributed by atoms with Crippen LogP contribution in [0.4, 0.5) is 13.2 Å². The topological polar surface area (TPSA) is 84.2 Å². The number of alkyl halides is 3. The Morgan fingerprint density at radius 1 is 1.35 bits per heavy atom. The van der Waals surface area contributed by atoms with Crippen LogP contribution in [0.1, 0.15) is 34.5 Å². The van der Waals surface area contributed by atoms with Crippen molar-refractivity contribution in [1.29, 1.82) is 0 Å². The summed E-state index contributed by atoms with van der Waals surface area (Å²) in [6.45, 7) is 1.57. The molecule has 26 heavy (non-hydrogen) atoms. The lowest BCUT2D eigenvalue weighted by Crippen LogP contribution is -2.34. The maximum Gasteiger partial charge on any atom is 0.416 e. The maximum absolute atomic E-state index is 12.9. The summed E-state index contributed by atoms with van der Waals surface area (Å²) in [7, 11) is 0. The van der Waals surface area contributed by atoms with E-state index in [4.69, 9.17) is 5.11 Å². The second-order valence-electron chi connectivity index (χ2n) is 6.37. The van der Waals surface area contributed by atoms with Crippen molar-refractivity contribution in [3.05, 3.63) is 47.3 Å². The SMILES string of the molecule is Cc1c(C(=O)NCC2(C(=O)O)CC2)cnn1-c1cccc(C(F)(F)F)c1. The van der Waals surface area contributed by atoms with Crippen molar-refractivity contribution >= 4 is 11.9 Å². The van der Waals surface area contributed by atoms with E-state index in [0.29, 0.717) is 18.5 Å². The van der Waals surface area contributed by atoms with Gasteiger partial charge in [-0.1, -0.05) is 6.07 Å². The van der Waals surface area contributed by atoms with E-state index in [9.17, 15) is 22.8 Å². The molecule has 2 N–H and O–H groups in total. The molecule has 9 heteroatoms. The van der Waals surface area contributed by atoms with Gasteiger partial charge in [0.05, 0.1) is 34.1 Å². The summed E-state index contributed by atoms with van der Waals surface area (Å²) in [6.07, 6.45) is -2.21. The molecule has 0 unspecified atom stereocenters. The highest BCUT2D eigenvalue weighted by Crippen LogP contribution is 2.45.